The maximum Gasteiger partial charge on any atom is 0.220 e. The van der Waals surface area contributed by atoms with Crippen LogP contribution in [-0.2, 0) is 27.9 Å². The Hall–Kier alpha value is -3.89. The van der Waals surface area contributed by atoms with Gasteiger partial charge in [-0.2, -0.15) is 0 Å². The molecule has 0 unspecified atom stereocenters. The molecule has 7 rings (SSSR count). The van der Waals surface area contributed by atoms with E-state index in [2.05, 4.69) is 25.8 Å². The largest absolute Gasteiger partial charge is 0.481 e. The van der Waals surface area contributed by atoms with Crippen molar-refractivity contribution in [3.8, 4) is 28.3 Å². The molecule has 2 aliphatic heterocycles. The maximum absolute atomic E-state index is 11.8. The highest BCUT2D eigenvalue weighted by molar-refractivity contribution is 7.89. The second-order valence-electron chi connectivity index (χ2n) is 12.9. The van der Waals surface area contributed by atoms with Crippen molar-refractivity contribution in [2.75, 3.05) is 32.1 Å². The van der Waals surface area contributed by atoms with Gasteiger partial charge in [0.05, 0.1) is 45.0 Å². The number of rotatable bonds is 12. The number of hydrogen-bond donors (Lipinski definition) is 4. The van der Waals surface area contributed by atoms with Crippen LogP contribution < -0.4 is 25.8 Å². The molecule has 0 spiro atoms. The van der Waals surface area contributed by atoms with Crippen LogP contribution >= 0.6 is 34.5 Å². The topological polar surface area (TPSA) is 164 Å². The van der Waals surface area contributed by atoms with E-state index in [1.54, 1.807) is 24.6 Å². The Labute approximate surface area is 316 Å². The van der Waals surface area contributed by atoms with Crippen LogP contribution in [0.4, 0.5) is 11.5 Å². The molecule has 2 aliphatic rings. The van der Waals surface area contributed by atoms with Crippen LogP contribution in [0.5, 0.6) is 5.88 Å². The second kappa shape index (κ2) is 15.6. The summed E-state index contributed by atoms with van der Waals surface area (Å²) in [5, 5.41) is 16.5. The van der Waals surface area contributed by atoms with Gasteiger partial charge in [0.25, 0.3) is 0 Å². The van der Waals surface area contributed by atoms with Gasteiger partial charge in [0.15, 0.2) is 5.82 Å². The summed E-state index contributed by atoms with van der Waals surface area (Å²) in [5.41, 5.74) is 5.14. The number of nitrogens with one attached hydrogen (secondary N) is 3. The number of methoxy groups -OCH3 is 1. The SMILES string of the molecule is COc1nc(-c2cccc(-c3cccc(Nc4nccc5sc(CN6CCC(S(N)(=O)=O)CC6)nc45)c3Cl)c2Cl)ccc1CNC[C@@H]1CCC(=O)N1. The summed E-state index contributed by atoms with van der Waals surface area (Å²) in [6.45, 7) is 3.11. The van der Waals surface area contributed by atoms with Crippen molar-refractivity contribution in [1.82, 2.24) is 30.5 Å². The summed E-state index contributed by atoms with van der Waals surface area (Å²) in [6.07, 6.45) is 4.15. The lowest BCUT2D eigenvalue weighted by atomic mass is 10.00. The summed E-state index contributed by atoms with van der Waals surface area (Å²) in [5.74, 6) is 1.16. The van der Waals surface area contributed by atoms with Crippen molar-refractivity contribution < 1.29 is 17.9 Å². The van der Waals surface area contributed by atoms with Gasteiger partial charge >= 0.3 is 0 Å². The number of hydrogen-bond acceptors (Lipinski definition) is 11. The zero-order valence-corrected chi connectivity index (χ0v) is 31.5. The highest BCUT2D eigenvalue weighted by Crippen LogP contribution is 2.42. The molecule has 2 fully saturated rings. The molecule has 12 nitrogen and oxygen atoms in total. The first-order valence-corrected chi connectivity index (χ1v) is 20.1. The molecule has 0 aliphatic carbocycles. The first kappa shape index (κ1) is 36.5. The molecule has 0 bridgehead atoms. The number of carbonyl (C=O) groups is 1. The number of nitrogens with zero attached hydrogens (tertiary/aromatic N) is 4. The van der Waals surface area contributed by atoms with Gasteiger partial charge in [-0.1, -0.05) is 59.6 Å². The van der Waals surface area contributed by atoms with Crippen LogP contribution in [0.15, 0.2) is 60.8 Å². The van der Waals surface area contributed by atoms with E-state index in [4.69, 9.17) is 43.0 Å². The summed E-state index contributed by atoms with van der Waals surface area (Å²) in [6, 6.07) is 17.4. The number of benzene rings is 2. The molecule has 3 aromatic heterocycles. The minimum atomic E-state index is -3.52. The van der Waals surface area contributed by atoms with Crippen molar-refractivity contribution in [3.05, 3.63) is 81.4 Å². The molecule has 52 heavy (non-hydrogen) atoms. The van der Waals surface area contributed by atoms with Gasteiger partial charge < -0.3 is 20.7 Å². The summed E-state index contributed by atoms with van der Waals surface area (Å²) < 4.78 is 30.2. The number of aromatic nitrogens is 3. The molecule has 2 saturated heterocycles. The smallest absolute Gasteiger partial charge is 0.220 e. The molecular weight excluding hydrogens is 743 g/mol. The molecule has 5 aromatic rings. The third-order valence-corrected chi connectivity index (χ3v) is 12.7. The number of pyridine rings is 2. The number of piperidine rings is 1. The number of primary sulfonamides is 1. The number of fused-ring (bicyclic) bond motifs is 1. The highest BCUT2D eigenvalue weighted by atomic mass is 35.5. The van der Waals surface area contributed by atoms with Gasteiger partial charge in [-0.25, -0.2) is 28.5 Å². The zero-order chi connectivity index (χ0) is 36.4. The van der Waals surface area contributed by atoms with Crippen LogP contribution in [0.25, 0.3) is 32.6 Å². The van der Waals surface area contributed by atoms with E-state index in [9.17, 15) is 13.2 Å². The fourth-order valence-corrected chi connectivity index (χ4v) is 9.16. The molecule has 5 N–H and O–H groups in total. The summed E-state index contributed by atoms with van der Waals surface area (Å²) in [7, 11) is -1.93. The van der Waals surface area contributed by atoms with E-state index in [1.807, 2.05) is 54.6 Å². The van der Waals surface area contributed by atoms with Crippen molar-refractivity contribution in [3.63, 3.8) is 0 Å². The fourth-order valence-electron chi connectivity index (χ4n) is 6.69. The van der Waals surface area contributed by atoms with E-state index >= 15 is 0 Å². The van der Waals surface area contributed by atoms with Crippen LogP contribution in [0.1, 0.15) is 36.3 Å². The van der Waals surface area contributed by atoms with E-state index < -0.39 is 15.3 Å². The Balaban J connectivity index is 1.08. The number of ether oxygens (including phenoxy) is 1. The number of thiazole rings is 1. The minimum absolute atomic E-state index is 0.0921. The van der Waals surface area contributed by atoms with Crippen LogP contribution in [0.3, 0.4) is 0 Å². The number of anilines is 2. The lowest BCUT2D eigenvalue weighted by Crippen LogP contribution is -2.41. The molecule has 272 valence electrons. The first-order valence-electron chi connectivity index (χ1n) is 16.9. The summed E-state index contributed by atoms with van der Waals surface area (Å²) >= 11 is 15.7. The van der Waals surface area contributed by atoms with Crippen molar-refractivity contribution in [2.24, 2.45) is 5.14 Å². The Morgan fingerprint density at radius 3 is 2.48 bits per heavy atom. The van der Waals surface area contributed by atoms with Gasteiger partial charge in [0, 0.05) is 54.0 Å². The monoisotopic (exact) mass is 780 g/mol. The van der Waals surface area contributed by atoms with Gasteiger partial charge in [0.2, 0.25) is 21.8 Å². The number of likely N-dealkylation sites (tertiary alicyclic amines) is 1. The lowest BCUT2D eigenvalue weighted by Gasteiger charge is -2.29. The quantitative estimate of drug-likeness (QED) is 0.116. The average molecular weight is 782 g/mol. The van der Waals surface area contributed by atoms with E-state index in [1.165, 1.54) is 0 Å². The Kier molecular flexibility index (Phi) is 10.9. The van der Waals surface area contributed by atoms with E-state index in [-0.39, 0.29) is 11.9 Å². The third kappa shape index (κ3) is 8.03. The predicted molar refractivity (Wildman–Crippen MR) is 207 cm³/mol. The van der Waals surface area contributed by atoms with Gasteiger partial charge in [0.1, 0.15) is 10.5 Å². The number of halogens is 2. The molecule has 2 aromatic carbocycles. The number of carbonyl (C=O) groups excluding carboxylic acids is 1. The Morgan fingerprint density at radius 2 is 1.75 bits per heavy atom. The maximum atomic E-state index is 11.8. The normalized spacial score (nSPS) is 17.1. The van der Waals surface area contributed by atoms with Crippen LogP contribution in [0.2, 0.25) is 10.0 Å². The summed E-state index contributed by atoms with van der Waals surface area (Å²) in [4.78, 5) is 28.0. The third-order valence-electron chi connectivity index (χ3n) is 9.45. The molecule has 0 radical (unpaired) electrons. The van der Waals surface area contributed by atoms with Crippen molar-refractivity contribution in [1.29, 1.82) is 0 Å². The Bertz CT molecular complexity index is 2230. The molecule has 16 heteroatoms. The van der Waals surface area contributed by atoms with Gasteiger partial charge in [-0.15, -0.1) is 11.3 Å². The average Bonchev–Trinajstić information content (AvgIpc) is 3.75. The molecule has 5 heterocycles. The van der Waals surface area contributed by atoms with E-state index in [0.717, 1.165) is 43.9 Å². The van der Waals surface area contributed by atoms with Gasteiger partial charge in [-0.05, 0) is 50.6 Å². The van der Waals surface area contributed by atoms with E-state index in [0.29, 0.717) is 85.1 Å². The van der Waals surface area contributed by atoms with Gasteiger partial charge in [-0.3, -0.25) is 9.69 Å². The molecular formula is C36H38Cl2N8O4S2. The molecule has 1 amide bonds. The fraction of sp³-hybridized carbons (Fsp3) is 0.333. The number of nitrogens with two attached hydrogens (primary N) is 1. The standard InChI is InChI=1S/C36H38Cl2N8O4S2/c1-50-36-21(18-40-19-22-9-11-30(47)42-22)8-10-27(44-36)26-6-2-4-24(32(26)37)25-5-3-7-28(33(25)38)43-35-34-29(12-15-41-35)51-31(45-34)20-46-16-13-23(14-17-46)52(39,48)49/h2-8,10,12,15,22-23,40H,9,11,13-14,16-20H2,1H3,(H,41,43)(H,42,47)(H2,39,48,49)/t22-/m0/s1. The molecule has 0 saturated carbocycles. The lowest BCUT2D eigenvalue weighted by molar-refractivity contribution is -0.119. The highest BCUT2D eigenvalue weighted by Gasteiger charge is 2.28. The molecule has 1 atom stereocenters. The first-order chi connectivity index (χ1) is 25.1. The second-order valence-corrected chi connectivity index (χ2v) is 16.7. The number of amides is 1. The Morgan fingerprint density at radius 1 is 1.00 bits per heavy atom. The predicted octanol–water partition coefficient (Wildman–Crippen LogP) is 6.10. The zero-order valence-electron chi connectivity index (χ0n) is 28.4. The van der Waals surface area contributed by atoms with Crippen molar-refractivity contribution in [2.45, 2.75) is 50.1 Å². The minimum Gasteiger partial charge on any atom is -0.481 e. The van der Waals surface area contributed by atoms with Crippen molar-refractivity contribution >= 4 is 72.2 Å². The number of sulfonamides is 1. The van der Waals surface area contributed by atoms with Crippen LogP contribution in [-0.4, -0.2) is 72.2 Å². The van der Waals surface area contributed by atoms with Crippen LogP contribution in [0, 0.1) is 0 Å².